The molecule has 1 fully saturated rings. The van der Waals surface area contributed by atoms with Crippen molar-refractivity contribution in [1.29, 1.82) is 0 Å². The number of ether oxygens (including phenoxy) is 1. The molecule has 1 aliphatic heterocycles. The van der Waals surface area contributed by atoms with E-state index in [1.165, 1.54) is 5.56 Å². The Kier molecular flexibility index (Phi) is 3.79. The zero-order valence-corrected chi connectivity index (χ0v) is 10.0. The predicted molar refractivity (Wildman–Crippen MR) is 64.4 cm³/mol. The van der Waals surface area contributed by atoms with Gasteiger partial charge in [-0.25, -0.2) is 0 Å². The number of esters is 1. The van der Waals surface area contributed by atoms with Crippen LogP contribution in [0.15, 0.2) is 30.3 Å². The van der Waals surface area contributed by atoms with Gasteiger partial charge in [0.05, 0.1) is 12.0 Å². The molecule has 92 valence electrons. The van der Waals surface area contributed by atoms with Crippen molar-refractivity contribution in [3.63, 3.8) is 0 Å². The normalized spacial score (nSPS) is 28.8. The first kappa shape index (κ1) is 12.1. The Bertz CT molecular complexity index is 374. The lowest BCUT2D eigenvalue weighted by atomic mass is 9.93. The Hall–Kier alpha value is -1.35. The largest absolute Gasteiger partial charge is 0.462 e. The van der Waals surface area contributed by atoms with E-state index in [1.54, 1.807) is 6.92 Å². The zero-order chi connectivity index (χ0) is 12.3. The van der Waals surface area contributed by atoms with Gasteiger partial charge < -0.3 is 9.84 Å². The van der Waals surface area contributed by atoms with Gasteiger partial charge in [-0.05, 0) is 25.3 Å². The third-order valence-corrected chi connectivity index (χ3v) is 3.33. The van der Waals surface area contributed by atoms with Gasteiger partial charge in [-0.3, -0.25) is 4.79 Å². The quantitative estimate of drug-likeness (QED) is 0.813. The van der Waals surface area contributed by atoms with Gasteiger partial charge in [0.2, 0.25) is 0 Å². The number of carbonyl (C=O) groups excluding carboxylic acids is 1. The standard InChI is InChI=1S/C14H18O3/c1-10-13(15)9-12(17-14(10)16)8-7-11-5-3-2-4-6-11/h2-6,10,12-13,15H,7-9H2,1H3. The van der Waals surface area contributed by atoms with Crippen molar-refractivity contribution < 1.29 is 14.6 Å². The summed E-state index contributed by atoms with van der Waals surface area (Å²) < 4.78 is 5.29. The molecule has 3 unspecified atom stereocenters. The summed E-state index contributed by atoms with van der Waals surface area (Å²) in [6, 6.07) is 10.1. The molecule has 0 radical (unpaired) electrons. The van der Waals surface area contributed by atoms with Crippen molar-refractivity contribution >= 4 is 5.97 Å². The van der Waals surface area contributed by atoms with Crippen LogP contribution < -0.4 is 0 Å². The summed E-state index contributed by atoms with van der Waals surface area (Å²) in [6.45, 7) is 1.71. The van der Waals surface area contributed by atoms with Crippen LogP contribution >= 0.6 is 0 Å². The Morgan fingerprint density at radius 3 is 2.71 bits per heavy atom. The van der Waals surface area contributed by atoms with Crippen molar-refractivity contribution in [3.05, 3.63) is 35.9 Å². The molecule has 0 spiro atoms. The molecule has 0 bridgehead atoms. The number of hydrogen-bond acceptors (Lipinski definition) is 3. The molecule has 1 saturated heterocycles. The summed E-state index contributed by atoms with van der Waals surface area (Å²) in [7, 11) is 0. The monoisotopic (exact) mass is 234 g/mol. The first-order chi connectivity index (χ1) is 8.16. The number of rotatable bonds is 3. The summed E-state index contributed by atoms with van der Waals surface area (Å²) >= 11 is 0. The van der Waals surface area contributed by atoms with Gasteiger partial charge in [-0.1, -0.05) is 30.3 Å². The van der Waals surface area contributed by atoms with Crippen molar-refractivity contribution in [2.75, 3.05) is 0 Å². The Morgan fingerprint density at radius 2 is 2.06 bits per heavy atom. The van der Waals surface area contributed by atoms with Crippen LogP contribution in [0.1, 0.15) is 25.3 Å². The number of cyclic esters (lactones) is 1. The van der Waals surface area contributed by atoms with E-state index in [2.05, 4.69) is 12.1 Å². The number of aryl methyl sites for hydroxylation is 1. The van der Waals surface area contributed by atoms with Crippen LogP contribution in [0.25, 0.3) is 0 Å². The lowest BCUT2D eigenvalue weighted by molar-refractivity contribution is -0.168. The van der Waals surface area contributed by atoms with Crippen molar-refractivity contribution in [1.82, 2.24) is 0 Å². The highest BCUT2D eigenvalue weighted by molar-refractivity contribution is 5.73. The van der Waals surface area contributed by atoms with Crippen LogP contribution in [0.3, 0.4) is 0 Å². The van der Waals surface area contributed by atoms with E-state index in [-0.39, 0.29) is 18.0 Å². The minimum atomic E-state index is -0.558. The van der Waals surface area contributed by atoms with Crippen LogP contribution in [0.4, 0.5) is 0 Å². The second-order valence-electron chi connectivity index (χ2n) is 4.67. The average molecular weight is 234 g/mol. The van der Waals surface area contributed by atoms with Gasteiger partial charge in [0, 0.05) is 6.42 Å². The zero-order valence-electron chi connectivity index (χ0n) is 10.0. The number of aliphatic hydroxyl groups excluding tert-OH is 1. The molecule has 2 rings (SSSR count). The van der Waals surface area contributed by atoms with E-state index in [4.69, 9.17) is 4.74 Å². The molecule has 0 saturated carbocycles. The Morgan fingerprint density at radius 1 is 1.35 bits per heavy atom. The molecule has 0 amide bonds. The molecule has 1 aromatic rings. The molecule has 0 aliphatic carbocycles. The third-order valence-electron chi connectivity index (χ3n) is 3.33. The van der Waals surface area contributed by atoms with Gasteiger partial charge in [-0.2, -0.15) is 0 Å². The van der Waals surface area contributed by atoms with Gasteiger partial charge in [-0.15, -0.1) is 0 Å². The van der Waals surface area contributed by atoms with E-state index in [0.717, 1.165) is 12.8 Å². The maximum absolute atomic E-state index is 11.4. The molecule has 17 heavy (non-hydrogen) atoms. The minimum Gasteiger partial charge on any atom is -0.462 e. The number of hydrogen-bond donors (Lipinski definition) is 1. The molecular weight excluding hydrogens is 216 g/mol. The molecule has 1 N–H and O–H groups in total. The highest BCUT2D eigenvalue weighted by Gasteiger charge is 2.33. The number of carbonyl (C=O) groups is 1. The highest BCUT2D eigenvalue weighted by atomic mass is 16.5. The highest BCUT2D eigenvalue weighted by Crippen LogP contribution is 2.23. The summed E-state index contributed by atoms with van der Waals surface area (Å²) in [5.41, 5.74) is 1.23. The fourth-order valence-corrected chi connectivity index (χ4v) is 2.10. The fraction of sp³-hybridized carbons (Fsp3) is 0.500. The first-order valence-electron chi connectivity index (χ1n) is 6.09. The second kappa shape index (κ2) is 5.32. The third kappa shape index (κ3) is 3.07. The minimum absolute atomic E-state index is 0.145. The second-order valence-corrected chi connectivity index (χ2v) is 4.67. The summed E-state index contributed by atoms with van der Waals surface area (Å²) in [5.74, 6) is -0.662. The van der Waals surface area contributed by atoms with Crippen LogP contribution in [-0.4, -0.2) is 23.3 Å². The van der Waals surface area contributed by atoms with Crippen LogP contribution in [-0.2, 0) is 16.0 Å². The van der Waals surface area contributed by atoms with E-state index in [9.17, 15) is 9.90 Å². The summed E-state index contributed by atoms with van der Waals surface area (Å²) in [4.78, 5) is 11.4. The molecule has 3 heteroatoms. The SMILES string of the molecule is CC1C(=O)OC(CCc2ccccc2)CC1O. The fourth-order valence-electron chi connectivity index (χ4n) is 2.10. The number of aliphatic hydroxyl groups is 1. The molecule has 1 aliphatic rings. The molecule has 0 aromatic heterocycles. The molecule has 3 atom stereocenters. The van der Waals surface area contributed by atoms with E-state index >= 15 is 0 Å². The lowest BCUT2D eigenvalue weighted by Crippen LogP contribution is -2.39. The van der Waals surface area contributed by atoms with Gasteiger partial charge in [0.25, 0.3) is 0 Å². The molecule has 1 heterocycles. The van der Waals surface area contributed by atoms with Gasteiger partial charge in [0.1, 0.15) is 6.10 Å². The van der Waals surface area contributed by atoms with E-state index in [0.29, 0.717) is 6.42 Å². The summed E-state index contributed by atoms with van der Waals surface area (Å²) in [5, 5.41) is 9.71. The first-order valence-corrected chi connectivity index (χ1v) is 6.09. The van der Waals surface area contributed by atoms with Crippen molar-refractivity contribution in [3.8, 4) is 0 Å². The van der Waals surface area contributed by atoms with Crippen LogP contribution in [0.2, 0.25) is 0 Å². The number of benzene rings is 1. The topological polar surface area (TPSA) is 46.5 Å². The average Bonchev–Trinajstić information content (AvgIpc) is 2.34. The summed E-state index contributed by atoms with van der Waals surface area (Å²) in [6.07, 6.45) is 1.50. The molecule has 1 aromatic carbocycles. The Balaban J connectivity index is 1.86. The predicted octanol–water partition coefficient (Wildman–Crippen LogP) is 1.93. The maximum Gasteiger partial charge on any atom is 0.311 e. The Labute approximate surface area is 101 Å². The smallest absolute Gasteiger partial charge is 0.311 e. The lowest BCUT2D eigenvalue weighted by Gasteiger charge is -2.30. The maximum atomic E-state index is 11.4. The molecular formula is C14H18O3. The van der Waals surface area contributed by atoms with Crippen LogP contribution in [0, 0.1) is 5.92 Å². The van der Waals surface area contributed by atoms with Crippen molar-refractivity contribution in [2.45, 2.75) is 38.4 Å². The van der Waals surface area contributed by atoms with E-state index < -0.39 is 6.10 Å². The molecule has 3 nitrogen and oxygen atoms in total. The van der Waals surface area contributed by atoms with Crippen LogP contribution in [0.5, 0.6) is 0 Å². The van der Waals surface area contributed by atoms with Crippen molar-refractivity contribution in [2.24, 2.45) is 5.92 Å². The van der Waals surface area contributed by atoms with E-state index in [1.807, 2.05) is 18.2 Å². The van der Waals surface area contributed by atoms with Gasteiger partial charge in [0.15, 0.2) is 0 Å². The van der Waals surface area contributed by atoms with Gasteiger partial charge >= 0.3 is 5.97 Å².